The first-order valence-corrected chi connectivity index (χ1v) is 8.82. The average molecular weight is 351 g/mol. The number of carboxylic acid groups (broad SMARTS) is 1. The number of rotatable bonds is 7. The van der Waals surface area contributed by atoms with E-state index in [1.807, 2.05) is 18.5 Å². The molecule has 7 heteroatoms. The van der Waals surface area contributed by atoms with Crippen LogP contribution in [0.3, 0.4) is 0 Å². The first-order chi connectivity index (χ1) is 11.7. The minimum atomic E-state index is -0.968. The second kappa shape index (κ2) is 7.99. The maximum atomic E-state index is 12.6. The number of aryl methyl sites for hydroxylation is 1. The normalized spacial score (nSPS) is 20.5. The number of amides is 1. The number of nitrogens with zero attached hydrogens (tertiary/aromatic N) is 3. The fourth-order valence-corrected chi connectivity index (χ4v) is 3.47. The van der Waals surface area contributed by atoms with Gasteiger partial charge < -0.3 is 14.7 Å². The predicted molar refractivity (Wildman–Crippen MR) is 93.4 cm³/mol. The van der Waals surface area contributed by atoms with E-state index in [-0.39, 0.29) is 18.4 Å². The maximum absolute atomic E-state index is 12.6. The number of carboxylic acids is 1. The van der Waals surface area contributed by atoms with Crippen molar-refractivity contribution in [1.82, 2.24) is 14.7 Å². The summed E-state index contributed by atoms with van der Waals surface area (Å²) in [5.74, 6) is -0.605. The lowest BCUT2D eigenvalue weighted by Gasteiger charge is -2.21. The number of aromatic nitrogens is 2. The van der Waals surface area contributed by atoms with Gasteiger partial charge in [0.05, 0.1) is 11.8 Å². The van der Waals surface area contributed by atoms with Crippen LogP contribution in [0.1, 0.15) is 43.6 Å². The van der Waals surface area contributed by atoms with E-state index in [0.29, 0.717) is 25.3 Å². The molecule has 1 aliphatic rings. The summed E-state index contributed by atoms with van der Waals surface area (Å²) >= 11 is 0. The van der Waals surface area contributed by atoms with Crippen LogP contribution in [0.2, 0.25) is 0 Å². The Balaban J connectivity index is 2.04. The molecule has 2 heterocycles. The minimum absolute atomic E-state index is 0.137. The van der Waals surface area contributed by atoms with Gasteiger partial charge in [0, 0.05) is 38.7 Å². The largest absolute Gasteiger partial charge is 0.480 e. The smallest absolute Gasteiger partial charge is 0.326 e. The molecule has 1 aliphatic heterocycles. The van der Waals surface area contributed by atoms with Gasteiger partial charge in [-0.1, -0.05) is 13.8 Å². The second-order valence-electron chi connectivity index (χ2n) is 7.22. The monoisotopic (exact) mass is 351 g/mol. The van der Waals surface area contributed by atoms with Gasteiger partial charge in [-0.3, -0.25) is 9.48 Å². The Morgan fingerprint density at radius 3 is 2.60 bits per heavy atom. The molecule has 140 valence electrons. The van der Waals surface area contributed by atoms with Crippen LogP contribution in [0.4, 0.5) is 0 Å². The molecule has 1 N–H and O–H groups in total. The molecule has 7 nitrogen and oxygen atoms in total. The molecule has 1 amide bonds. The molecule has 0 spiro atoms. The zero-order valence-corrected chi connectivity index (χ0v) is 15.8. The highest BCUT2D eigenvalue weighted by atomic mass is 16.5. The summed E-state index contributed by atoms with van der Waals surface area (Å²) in [4.78, 5) is 25.4. The maximum Gasteiger partial charge on any atom is 0.326 e. The number of carbonyl (C=O) groups is 2. The Morgan fingerprint density at radius 2 is 2.04 bits per heavy atom. The van der Waals surface area contributed by atoms with Gasteiger partial charge in [-0.05, 0) is 31.7 Å². The third kappa shape index (κ3) is 4.39. The van der Waals surface area contributed by atoms with Gasteiger partial charge in [0.2, 0.25) is 5.91 Å². The zero-order chi connectivity index (χ0) is 18.7. The van der Waals surface area contributed by atoms with Gasteiger partial charge in [-0.2, -0.15) is 5.10 Å². The van der Waals surface area contributed by atoms with Crippen molar-refractivity contribution in [3.8, 4) is 0 Å². The number of aliphatic carboxylic acids is 1. The fraction of sp³-hybridized carbons (Fsp3) is 0.722. The Morgan fingerprint density at radius 1 is 1.36 bits per heavy atom. The number of carbonyl (C=O) groups excluding carboxylic acids is 1. The van der Waals surface area contributed by atoms with E-state index in [9.17, 15) is 14.7 Å². The standard InChI is InChI=1S/C18H29N3O4/c1-11(2)9-21-13(4)15(12(3)19-21)6-7-17(22)20-10-14(25-5)8-16(20)18(23)24/h11,14,16H,6-10H2,1-5H3,(H,23,24). The van der Waals surface area contributed by atoms with E-state index in [2.05, 4.69) is 18.9 Å². The van der Waals surface area contributed by atoms with Crippen LogP contribution in [0, 0.1) is 19.8 Å². The molecule has 1 aromatic rings. The summed E-state index contributed by atoms with van der Waals surface area (Å²) in [6.07, 6.45) is 1.01. The molecule has 2 rings (SSSR count). The van der Waals surface area contributed by atoms with Gasteiger partial charge in [0.1, 0.15) is 6.04 Å². The number of methoxy groups -OCH3 is 1. The molecule has 2 atom stereocenters. The topological polar surface area (TPSA) is 84.7 Å². The van der Waals surface area contributed by atoms with Crippen molar-refractivity contribution in [2.24, 2.45) is 5.92 Å². The lowest BCUT2D eigenvalue weighted by atomic mass is 10.1. The average Bonchev–Trinajstić information content (AvgIpc) is 3.07. The third-order valence-electron chi connectivity index (χ3n) is 4.86. The van der Waals surface area contributed by atoms with Crippen molar-refractivity contribution in [3.63, 3.8) is 0 Å². The molecular formula is C18H29N3O4. The third-order valence-corrected chi connectivity index (χ3v) is 4.86. The molecule has 25 heavy (non-hydrogen) atoms. The second-order valence-corrected chi connectivity index (χ2v) is 7.22. The highest BCUT2D eigenvalue weighted by Gasteiger charge is 2.39. The first kappa shape index (κ1) is 19.4. The Bertz CT molecular complexity index is 639. The van der Waals surface area contributed by atoms with Crippen LogP contribution in [0.5, 0.6) is 0 Å². The molecule has 0 aromatic carbocycles. The van der Waals surface area contributed by atoms with Crippen LogP contribution >= 0.6 is 0 Å². The van der Waals surface area contributed by atoms with E-state index in [1.54, 1.807) is 7.11 Å². The molecule has 0 aliphatic carbocycles. The van der Waals surface area contributed by atoms with E-state index in [1.165, 1.54) is 4.90 Å². The molecule has 0 bridgehead atoms. The van der Waals surface area contributed by atoms with Gasteiger partial charge in [-0.25, -0.2) is 4.79 Å². The highest BCUT2D eigenvalue weighted by molar-refractivity contribution is 5.84. The summed E-state index contributed by atoms with van der Waals surface area (Å²) in [5.41, 5.74) is 3.12. The number of hydrogen-bond acceptors (Lipinski definition) is 4. The summed E-state index contributed by atoms with van der Waals surface area (Å²) in [6.45, 7) is 9.47. The zero-order valence-electron chi connectivity index (χ0n) is 15.8. The van der Waals surface area contributed by atoms with E-state index >= 15 is 0 Å². The first-order valence-electron chi connectivity index (χ1n) is 8.82. The fourth-order valence-electron chi connectivity index (χ4n) is 3.47. The van der Waals surface area contributed by atoms with Crippen molar-refractivity contribution in [3.05, 3.63) is 17.0 Å². The highest BCUT2D eigenvalue weighted by Crippen LogP contribution is 2.23. The Labute approximate surface area is 148 Å². The Kier molecular flexibility index (Phi) is 6.21. The van der Waals surface area contributed by atoms with Gasteiger partial charge in [0.25, 0.3) is 0 Å². The number of ether oxygens (including phenoxy) is 1. The minimum Gasteiger partial charge on any atom is -0.480 e. The quantitative estimate of drug-likeness (QED) is 0.809. The molecule has 2 unspecified atom stereocenters. The lowest BCUT2D eigenvalue weighted by Crippen LogP contribution is -2.40. The molecular weight excluding hydrogens is 322 g/mol. The molecule has 1 saturated heterocycles. The van der Waals surface area contributed by atoms with Gasteiger partial charge in [0.15, 0.2) is 0 Å². The summed E-state index contributed by atoms with van der Waals surface area (Å²) < 4.78 is 7.24. The predicted octanol–water partition coefficient (Wildman–Crippen LogP) is 1.79. The Hall–Kier alpha value is -1.89. The van der Waals surface area contributed by atoms with Gasteiger partial charge in [-0.15, -0.1) is 0 Å². The molecule has 0 saturated carbocycles. The van der Waals surface area contributed by atoms with Gasteiger partial charge >= 0.3 is 5.97 Å². The SMILES string of the molecule is COC1CC(C(=O)O)N(C(=O)CCc2c(C)nn(CC(C)C)c2C)C1. The lowest BCUT2D eigenvalue weighted by molar-refractivity contribution is -0.148. The van der Waals surface area contributed by atoms with E-state index in [0.717, 1.165) is 23.5 Å². The van der Waals surface area contributed by atoms with Crippen molar-refractivity contribution < 1.29 is 19.4 Å². The summed E-state index contributed by atoms with van der Waals surface area (Å²) in [5, 5.41) is 13.9. The van der Waals surface area contributed by atoms with Crippen molar-refractivity contribution in [1.29, 1.82) is 0 Å². The van der Waals surface area contributed by atoms with Crippen LogP contribution in [0.15, 0.2) is 0 Å². The van der Waals surface area contributed by atoms with Crippen LogP contribution in [-0.2, 0) is 27.3 Å². The molecule has 1 fully saturated rings. The van der Waals surface area contributed by atoms with Crippen LogP contribution in [-0.4, -0.2) is 57.5 Å². The molecule has 1 aromatic heterocycles. The summed E-state index contributed by atoms with van der Waals surface area (Å²) in [7, 11) is 1.55. The molecule has 0 radical (unpaired) electrons. The van der Waals surface area contributed by atoms with Crippen molar-refractivity contribution in [2.45, 2.75) is 65.6 Å². The van der Waals surface area contributed by atoms with E-state index in [4.69, 9.17) is 4.74 Å². The number of hydrogen-bond donors (Lipinski definition) is 1. The van der Waals surface area contributed by atoms with E-state index < -0.39 is 12.0 Å². The number of likely N-dealkylation sites (tertiary alicyclic amines) is 1. The van der Waals surface area contributed by atoms with Crippen molar-refractivity contribution >= 4 is 11.9 Å². The van der Waals surface area contributed by atoms with Crippen LogP contribution < -0.4 is 0 Å². The summed E-state index contributed by atoms with van der Waals surface area (Å²) in [6, 6.07) is -0.789. The van der Waals surface area contributed by atoms with Crippen LogP contribution in [0.25, 0.3) is 0 Å². The van der Waals surface area contributed by atoms with Crippen molar-refractivity contribution in [2.75, 3.05) is 13.7 Å².